The Morgan fingerprint density at radius 2 is 1.92 bits per heavy atom. The first-order valence-electron chi connectivity index (χ1n) is 8.14. The normalized spacial score (nSPS) is 15.7. The van der Waals surface area contributed by atoms with Gasteiger partial charge in [-0.3, -0.25) is 0 Å². The molecule has 4 N–H and O–H groups in total. The van der Waals surface area contributed by atoms with Crippen molar-refractivity contribution in [2.75, 3.05) is 24.1 Å². The van der Waals surface area contributed by atoms with Gasteiger partial charge in [-0.25, -0.2) is 9.59 Å². The highest BCUT2D eigenvalue weighted by Gasteiger charge is 2.27. The molecule has 0 atom stereocenters. The van der Waals surface area contributed by atoms with Crippen molar-refractivity contribution >= 4 is 23.5 Å². The van der Waals surface area contributed by atoms with E-state index >= 15 is 0 Å². The van der Waals surface area contributed by atoms with E-state index in [1.165, 1.54) is 0 Å². The molecule has 24 heavy (non-hydrogen) atoms. The molecular weight excluding hydrogens is 308 g/mol. The van der Waals surface area contributed by atoms with Crippen LogP contribution in [0.2, 0.25) is 0 Å². The van der Waals surface area contributed by atoms with Crippen LogP contribution in [0.4, 0.5) is 21.0 Å². The standard InChI is InChI=1S/C17H26N4O3/c1-17(2,3)24-16(23)21-9-7-13(8-10-21)19-15(22)20-14-6-4-5-12(18)11-14/h4-6,11,13H,7-10,18H2,1-3H3,(H2,19,20,22). The van der Waals surface area contributed by atoms with Crippen LogP contribution in [0.15, 0.2) is 24.3 Å². The SMILES string of the molecule is CC(C)(C)OC(=O)N1CCC(NC(=O)Nc2cccc(N)c2)CC1. The highest BCUT2D eigenvalue weighted by Crippen LogP contribution is 2.16. The summed E-state index contributed by atoms with van der Waals surface area (Å²) in [4.78, 5) is 25.7. The Labute approximate surface area is 142 Å². The van der Waals surface area contributed by atoms with Crippen molar-refractivity contribution in [3.63, 3.8) is 0 Å². The Balaban J connectivity index is 1.76. The number of nitrogens with two attached hydrogens (primary N) is 1. The summed E-state index contributed by atoms with van der Waals surface area (Å²) in [5.41, 5.74) is 6.44. The Morgan fingerprint density at radius 3 is 2.50 bits per heavy atom. The summed E-state index contributed by atoms with van der Waals surface area (Å²) in [5.74, 6) is 0. The lowest BCUT2D eigenvalue weighted by Gasteiger charge is -2.33. The second-order valence-electron chi connectivity index (χ2n) is 6.97. The van der Waals surface area contributed by atoms with Gasteiger partial charge in [-0.2, -0.15) is 0 Å². The van der Waals surface area contributed by atoms with Crippen molar-refractivity contribution in [2.45, 2.75) is 45.3 Å². The Bertz CT molecular complexity index is 590. The molecule has 0 unspecified atom stereocenters. The molecule has 7 nitrogen and oxygen atoms in total. The highest BCUT2D eigenvalue weighted by molar-refractivity contribution is 5.89. The molecule has 0 aromatic heterocycles. The van der Waals surface area contributed by atoms with Crippen LogP contribution < -0.4 is 16.4 Å². The molecule has 1 fully saturated rings. The van der Waals surface area contributed by atoms with E-state index in [9.17, 15) is 9.59 Å². The van der Waals surface area contributed by atoms with E-state index in [1.54, 1.807) is 29.2 Å². The first kappa shape index (κ1) is 17.9. The van der Waals surface area contributed by atoms with Gasteiger partial charge in [0.15, 0.2) is 0 Å². The van der Waals surface area contributed by atoms with Crippen LogP contribution in [0.3, 0.4) is 0 Å². The van der Waals surface area contributed by atoms with Gasteiger partial charge in [0.2, 0.25) is 0 Å². The lowest BCUT2D eigenvalue weighted by Crippen LogP contribution is -2.48. The minimum Gasteiger partial charge on any atom is -0.444 e. The van der Waals surface area contributed by atoms with Crippen LogP contribution >= 0.6 is 0 Å². The quantitative estimate of drug-likeness (QED) is 0.725. The molecule has 7 heteroatoms. The van der Waals surface area contributed by atoms with E-state index in [-0.39, 0.29) is 18.2 Å². The Kier molecular flexibility index (Phi) is 5.54. The maximum absolute atomic E-state index is 12.0. The first-order chi connectivity index (χ1) is 11.2. The van der Waals surface area contributed by atoms with E-state index < -0.39 is 5.60 Å². The third-order valence-corrected chi connectivity index (χ3v) is 3.63. The Hall–Kier alpha value is -2.44. The first-order valence-corrected chi connectivity index (χ1v) is 8.14. The number of benzene rings is 1. The molecule has 1 aromatic carbocycles. The molecule has 132 valence electrons. The molecule has 3 amide bonds. The van der Waals surface area contributed by atoms with Crippen LogP contribution in [0.25, 0.3) is 0 Å². The number of hydrogen-bond donors (Lipinski definition) is 3. The van der Waals surface area contributed by atoms with Gasteiger partial charge < -0.3 is 26.0 Å². The van der Waals surface area contributed by atoms with E-state index in [1.807, 2.05) is 20.8 Å². The highest BCUT2D eigenvalue weighted by atomic mass is 16.6. The van der Waals surface area contributed by atoms with E-state index in [0.717, 1.165) is 0 Å². The molecule has 0 saturated carbocycles. The summed E-state index contributed by atoms with van der Waals surface area (Å²) >= 11 is 0. The van der Waals surface area contributed by atoms with Gasteiger partial charge in [0.05, 0.1) is 0 Å². The third kappa shape index (κ3) is 5.64. The number of nitrogens with zero attached hydrogens (tertiary/aromatic N) is 1. The number of carbonyl (C=O) groups is 2. The maximum Gasteiger partial charge on any atom is 0.410 e. The molecule has 2 rings (SSSR count). The van der Waals surface area contributed by atoms with Gasteiger partial charge in [-0.05, 0) is 51.8 Å². The number of nitrogens with one attached hydrogen (secondary N) is 2. The third-order valence-electron chi connectivity index (χ3n) is 3.63. The average Bonchev–Trinajstić information content (AvgIpc) is 2.46. The molecule has 1 saturated heterocycles. The molecule has 1 heterocycles. The summed E-state index contributed by atoms with van der Waals surface area (Å²) in [6.07, 6.45) is 1.10. The van der Waals surface area contributed by atoms with Crippen molar-refractivity contribution in [1.29, 1.82) is 0 Å². The number of ether oxygens (including phenoxy) is 1. The summed E-state index contributed by atoms with van der Waals surface area (Å²) in [7, 11) is 0. The zero-order valence-electron chi connectivity index (χ0n) is 14.5. The van der Waals surface area contributed by atoms with E-state index in [4.69, 9.17) is 10.5 Å². The molecule has 1 aromatic rings. The van der Waals surface area contributed by atoms with Crippen LogP contribution in [-0.2, 0) is 4.74 Å². The van der Waals surface area contributed by atoms with Gasteiger partial charge in [0.1, 0.15) is 5.60 Å². The minimum absolute atomic E-state index is 0.0322. The summed E-state index contributed by atoms with van der Waals surface area (Å²) in [6, 6.07) is 6.78. The van der Waals surface area contributed by atoms with E-state index in [2.05, 4.69) is 10.6 Å². The van der Waals surface area contributed by atoms with Crippen molar-refractivity contribution in [3.05, 3.63) is 24.3 Å². The second kappa shape index (κ2) is 7.42. The predicted molar refractivity (Wildman–Crippen MR) is 93.8 cm³/mol. The molecular formula is C17H26N4O3. The summed E-state index contributed by atoms with van der Waals surface area (Å²) in [5, 5.41) is 5.68. The van der Waals surface area contributed by atoms with E-state index in [0.29, 0.717) is 37.3 Å². The number of likely N-dealkylation sites (tertiary alicyclic amines) is 1. The van der Waals surface area contributed by atoms with Crippen LogP contribution in [0.5, 0.6) is 0 Å². The molecule has 0 aliphatic carbocycles. The van der Waals surface area contributed by atoms with Crippen LogP contribution in [0.1, 0.15) is 33.6 Å². The largest absolute Gasteiger partial charge is 0.444 e. The number of piperidine rings is 1. The smallest absolute Gasteiger partial charge is 0.410 e. The maximum atomic E-state index is 12.0. The topological polar surface area (TPSA) is 96.7 Å². The molecule has 1 aliphatic rings. The minimum atomic E-state index is -0.496. The number of carbonyl (C=O) groups excluding carboxylic acids is 2. The van der Waals surface area contributed by atoms with Crippen molar-refractivity contribution in [3.8, 4) is 0 Å². The fourth-order valence-corrected chi connectivity index (χ4v) is 2.50. The van der Waals surface area contributed by atoms with Gasteiger partial charge in [0, 0.05) is 30.5 Å². The number of urea groups is 1. The lowest BCUT2D eigenvalue weighted by molar-refractivity contribution is 0.0202. The van der Waals surface area contributed by atoms with Crippen LogP contribution in [-0.4, -0.2) is 41.8 Å². The lowest BCUT2D eigenvalue weighted by atomic mass is 10.1. The monoisotopic (exact) mass is 334 g/mol. The Morgan fingerprint density at radius 1 is 1.25 bits per heavy atom. The van der Waals surface area contributed by atoms with Crippen LogP contribution in [0, 0.1) is 0 Å². The van der Waals surface area contributed by atoms with Gasteiger partial charge in [-0.1, -0.05) is 6.07 Å². The predicted octanol–water partition coefficient (Wildman–Crippen LogP) is 2.79. The number of rotatable bonds is 2. The summed E-state index contributed by atoms with van der Waals surface area (Å²) in [6.45, 7) is 6.68. The molecule has 0 radical (unpaired) electrons. The summed E-state index contributed by atoms with van der Waals surface area (Å²) < 4.78 is 5.36. The van der Waals surface area contributed by atoms with Gasteiger partial charge in [0.25, 0.3) is 0 Å². The number of hydrogen-bond acceptors (Lipinski definition) is 4. The second-order valence-corrected chi connectivity index (χ2v) is 6.97. The van der Waals surface area contributed by atoms with Gasteiger partial charge in [-0.15, -0.1) is 0 Å². The van der Waals surface area contributed by atoms with Crippen molar-refractivity contribution in [2.24, 2.45) is 0 Å². The molecule has 0 spiro atoms. The number of amides is 3. The van der Waals surface area contributed by atoms with Crippen molar-refractivity contribution < 1.29 is 14.3 Å². The zero-order chi connectivity index (χ0) is 17.7. The molecule has 1 aliphatic heterocycles. The van der Waals surface area contributed by atoms with Crippen molar-refractivity contribution in [1.82, 2.24) is 10.2 Å². The fraction of sp³-hybridized carbons (Fsp3) is 0.529. The fourth-order valence-electron chi connectivity index (χ4n) is 2.50. The number of nitrogen functional groups attached to an aromatic ring is 1. The average molecular weight is 334 g/mol. The molecule has 0 bridgehead atoms. The zero-order valence-corrected chi connectivity index (χ0v) is 14.5. The van der Waals surface area contributed by atoms with Gasteiger partial charge >= 0.3 is 12.1 Å². The number of anilines is 2.